The van der Waals surface area contributed by atoms with Crippen LogP contribution in [0.3, 0.4) is 0 Å². The lowest BCUT2D eigenvalue weighted by Gasteiger charge is -2.23. The first-order valence-corrected chi connectivity index (χ1v) is 8.27. The van der Waals surface area contributed by atoms with E-state index in [2.05, 4.69) is 15.3 Å². The highest BCUT2D eigenvalue weighted by Crippen LogP contribution is 2.18. The van der Waals surface area contributed by atoms with E-state index in [1.807, 2.05) is 0 Å². The molecule has 0 aliphatic heterocycles. The lowest BCUT2D eigenvalue weighted by molar-refractivity contribution is -0.185. The minimum absolute atomic E-state index is 0.189. The fourth-order valence-corrected chi connectivity index (χ4v) is 2.37. The molecule has 0 radical (unpaired) electrons. The largest absolute Gasteiger partial charge is 0.471 e. The fraction of sp³-hybridized carbons (Fsp3) is 0.333. The van der Waals surface area contributed by atoms with Crippen molar-refractivity contribution >= 4 is 11.8 Å². The van der Waals surface area contributed by atoms with Crippen molar-refractivity contribution in [3.63, 3.8) is 0 Å². The second-order valence-corrected chi connectivity index (χ2v) is 5.79. The van der Waals surface area contributed by atoms with Crippen LogP contribution < -0.4 is 5.32 Å². The van der Waals surface area contributed by atoms with Gasteiger partial charge in [-0.3, -0.25) is 19.6 Å². The molecule has 2 heterocycles. The maximum absolute atomic E-state index is 12.8. The lowest BCUT2D eigenvalue weighted by atomic mass is 10.2. The summed E-state index contributed by atoms with van der Waals surface area (Å²) in [5.74, 6) is -2.67. The van der Waals surface area contributed by atoms with Crippen molar-refractivity contribution < 1.29 is 22.8 Å². The van der Waals surface area contributed by atoms with Crippen LogP contribution in [-0.2, 0) is 22.4 Å². The molecular weight excluding hydrogens is 361 g/mol. The van der Waals surface area contributed by atoms with Gasteiger partial charge in [0.15, 0.2) is 0 Å². The fourth-order valence-electron chi connectivity index (χ4n) is 2.37. The Morgan fingerprint density at radius 2 is 1.44 bits per heavy atom. The van der Waals surface area contributed by atoms with Crippen LogP contribution >= 0.6 is 0 Å². The number of nitrogens with zero attached hydrogens (tertiary/aromatic N) is 3. The number of alkyl halides is 3. The molecule has 0 bridgehead atoms. The van der Waals surface area contributed by atoms with Gasteiger partial charge in [-0.1, -0.05) is 0 Å². The monoisotopic (exact) mass is 380 g/mol. The number of amides is 2. The Morgan fingerprint density at radius 1 is 0.926 bits per heavy atom. The number of carbonyl (C=O) groups is 2. The molecule has 2 aromatic rings. The van der Waals surface area contributed by atoms with Gasteiger partial charge in [0.2, 0.25) is 5.91 Å². The number of carbonyl (C=O) groups excluding carboxylic acids is 2. The molecule has 2 rings (SSSR count). The van der Waals surface area contributed by atoms with E-state index in [1.165, 1.54) is 12.4 Å². The predicted octanol–water partition coefficient (Wildman–Crippen LogP) is 1.77. The molecule has 2 aromatic heterocycles. The van der Waals surface area contributed by atoms with Gasteiger partial charge in [0.05, 0.1) is 6.54 Å². The van der Waals surface area contributed by atoms with Crippen LogP contribution in [0.25, 0.3) is 0 Å². The van der Waals surface area contributed by atoms with E-state index in [0.29, 0.717) is 11.3 Å². The third kappa shape index (κ3) is 7.04. The van der Waals surface area contributed by atoms with Crippen molar-refractivity contribution in [1.29, 1.82) is 0 Å². The minimum Gasteiger partial charge on any atom is -0.354 e. The Hall–Kier alpha value is -2.97. The molecule has 0 aliphatic carbocycles. The normalized spacial score (nSPS) is 11.1. The van der Waals surface area contributed by atoms with E-state index in [0.717, 1.165) is 11.1 Å². The van der Waals surface area contributed by atoms with Crippen LogP contribution in [0.5, 0.6) is 0 Å². The van der Waals surface area contributed by atoms with Crippen molar-refractivity contribution in [1.82, 2.24) is 20.2 Å². The number of halogens is 3. The Balaban J connectivity index is 1.89. The molecule has 1 N–H and O–H groups in total. The maximum Gasteiger partial charge on any atom is 0.471 e. The first-order valence-electron chi connectivity index (χ1n) is 8.27. The molecule has 27 heavy (non-hydrogen) atoms. The predicted molar refractivity (Wildman–Crippen MR) is 91.5 cm³/mol. The highest BCUT2D eigenvalue weighted by molar-refractivity contribution is 5.87. The summed E-state index contributed by atoms with van der Waals surface area (Å²) in [7, 11) is 0. The first-order chi connectivity index (χ1) is 12.9. The topological polar surface area (TPSA) is 75.2 Å². The first kappa shape index (κ1) is 20.3. The van der Waals surface area contributed by atoms with E-state index in [-0.39, 0.29) is 19.5 Å². The van der Waals surface area contributed by atoms with Gasteiger partial charge in [-0.25, -0.2) is 0 Å². The lowest BCUT2D eigenvalue weighted by Crippen LogP contribution is -2.47. The van der Waals surface area contributed by atoms with Crippen molar-refractivity contribution in [2.45, 2.75) is 19.0 Å². The van der Waals surface area contributed by atoms with Crippen LogP contribution in [0.2, 0.25) is 0 Å². The van der Waals surface area contributed by atoms with Gasteiger partial charge in [0, 0.05) is 37.9 Å². The smallest absolute Gasteiger partial charge is 0.354 e. The molecule has 0 aliphatic rings. The molecule has 144 valence electrons. The second kappa shape index (κ2) is 9.65. The number of nitrogens with one attached hydrogen (secondary N) is 1. The zero-order chi connectivity index (χ0) is 19.7. The Morgan fingerprint density at radius 3 is 1.96 bits per heavy atom. The van der Waals surface area contributed by atoms with Gasteiger partial charge in [-0.2, -0.15) is 13.2 Å². The average molecular weight is 380 g/mol. The van der Waals surface area contributed by atoms with E-state index in [4.69, 9.17) is 0 Å². The molecule has 0 aromatic carbocycles. The summed E-state index contributed by atoms with van der Waals surface area (Å²) in [5, 5.41) is 2.54. The summed E-state index contributed by atoms with van der Waals surface area (Å²) in [5.41, 5.74) is 1.66. The van der Waals surface area contributed by atoms with Gasteiger partial charge in [-0.15, -0.1) is 0 Å². The highest BCUT2D eigenvalue weighted by Gasteiger charge is 2.42. The second-order valence-electron chi connectivity index (χ2n) is 5.79. The molecule has 0 atom stereocenters. The van der Waals surface area contributed by atoms with Gasteiger partial charge in [0.25, 0.3) is 0 Å². The van der Waals surface area contributed by atoms with E-state index in [1.54, 1.807) is 36.7 Å². The summed E-state index contributed by atoms with van der Waals surface area (Å²) in [6.07, 6.45) is 1.91. The molecule has 0 unspecified atom stereocenters. The standard InChI is InChI=1S/C18H19F3N4O2/c19-18(20,21)17(27)25(12-6-15-3-9-23-10-4-15)13-16(26)24-11-5-14-1-7-22-8-2-14/h1-4,7-10H,5-6,11-13H2,(H,24,26). The molecule has 9 heteroatoms. The van der Waals surface area contributed by atoms with Crippen molar-refractivity contribution in [2.75, 3.05) is 19.6 Å². The summed E-state index contributed by atoms with van der Waals surface area (Å²) >= 11 is 0. The molecule has 0 fully saturated rings. The van der Waals surface area contributed by atoms with Gasteiger partial charge < -0.3 is 10.2 Å². The summed E-state index contributed by atoms with van der Waals surface area (Å²) in [6.45, 7) is -0.624. The average Bonchev–Trinajstić information content (AvgIpc) is 2.65. The summed E-state index contributed by atoms with van der Waals surface area (Å²) in [4.78, 5) is 31.8. The van der Waals surface area contributed by atoms with Crippen LogP contribution in [0.1, 0.15) is 11.1 Å². The van der Waals surface area contributed by atoms with E-state index >= 15 is 0 Å². The Bertz CT molecular complexity index is 739. The van der Waals surface area contributed by atoms with Crippen LogP contribution in [0.15, 0.2) is 49.1 Å². The Kier molecular flexibility index (Phi) is 7.27. The zero-order valence-electron chi connectivity index (χ0n) is 14.4. The van der Waals surface area contributed by atoms with Crippen LogP contribution in [0, 0.1) is 0 Å². The highest BCUT2D eigenvalue weighted by atomic mass is 19.4. The van der Waals surface area contributed by atoms with Gasteiger partial charge in [0.1, 0.15) is 0 Å². The molecule has 2 amide bonds. The number of hydrogen-bond acceptors (Lipinski definition) is 4. The molecule has 6 nitrogen and oxygen atoms in total. The summed E-state index contributed by atoms with van der Waals surface area (Å²) in [6, 6.07) is 6.84. The number of pyridine rings is 2. The van der Waals surface area contributed by atoms with Crippen molar-refractivity contribution in [2.24, 2.45) is 0 Å². The Labute approximate surface area is 154 Å². The van der Waals surface area contributed by atoms with E-state index < -0.39 is 24.5 Å². The molecule has 0 saturated heterocycles. The third-order valence-corrected chi connectivity index (χ3v) is 3.77. The maximum atomic E-state index is 12.8. The van der Waals surface area contributed by atoms with Crippen molar-refractivity contribution in [3.05, 3.63) is 60.2 Å². The van der Waals surface area contributed by atoms with Crippen LogP contribution in [0.4, 0.5) is 13.2 Å². The SMILES string of the molecule is O=C(CN(CCc1ccncc1)C(=O)C(F)(F)F)NCCc1ccncc1. The molecule has 0 saturated carbocycles. The molecular formula is C18H19F3N4O2. The van der Waals surface area contributed by atoms with E-state index in [9.17, 15) is 22.8 Å². The van der Waals surface area contributed by atoms with Crippen LogP contribution in [-0.4, -0.2) is 52.5 Å². The quantitative estimate of drug-likeness (QED) is 0.757. The number of aromatic nitrogens is 2. The van der Waals surface area contributed by atoms with Crippen molar-refractivity contribution in [3.8, 4) is 0 Å². The number of rotatable bonds is 8. The third-order valence-electron chi connectivity index (χ3n) is 3.77. The minimum atomic E-state index is -5.03. The zero-order valence-corrected chi connectivity index (χ0v) is 14.4. The number of hydrogen-bond donors (Lipinski definition) is 1. The molecule has 0 spiro atoms. The summed E-state index contributed by atoms with van der Waals surface area (Å²) < 4.78 is 38.4. The van der Waals surface area contributed by atoms with Gasteiger partial charge >= 0.3 is 12.1 Å². The van der Waals surface area contributed by atoms with Gasteiger partial charge in [-0.05, 0) is 48.2 Å².